The van der Waals surface area contributed by atoms with Gasteiger partial charge in [-0.05, 0) is 30.0 Å². The summed E-state index contributed by atoms with van der Waals surface area (Å²) in [5.41, 5.74) is 1.51. The average Bonchev–Trinajstić information content (AvgIpc) is 3.25. The van der Waals surface area contributed by atoms with Crippen LogP contribution in [0.5, 0.6) is 0 Å². The lowest BCUT2D eigenvalue weighted by Gasteiger charge is -2.27. The van der Waals surface area contributed by atoms with Gasteiger partial charge in [0.15, 0.2) is 5.69 Å². The number of carboxylic acid groups (broad SMARTS) is 1. The van der Waals surface area contributed by atoms with Gasteiger partial charge in [-0.15, -0.1) is 5.10 Å². The molecule has 2 aromatic carbocycles. The van der Waals surface area contributed by atoms with Crippen molar-refractivity contribution in [2.24, 2.45) is 0 Å². The molecule has 0 bridgehead atoms. The van der Waals surface area contributed by atoms with Crippen molar-refractivity contribution in [3.8, 4) is 22.4 Å². The first-order valence-electron chi connectivity index (χ1n) is 9.32. The monoisotopic (exact) mass is 412 g/mol. The molecule has 9 heteroatoms. The van der Waals surface area contributed by atoms with Gasteiger partial charge < -0.3 is 5.11 Å². The molecule has 0 spiro atoms. The van der Waals surface area contributed by atoms with Crippen molar-refractivity contribution in [3.63, 3.8) is 0 Å². The predicted octanol–water partition coefficient (Wildman–Crippen LogP) is 3.01. The smallest absolute Gasteiger partial charge is 0.358 e. The van der Waals surface area contributed by atoms with E-state index in [0.717, 1.165) is 30.4 Å². The molecule has 29 heavy (non-hydrogen) atoms. The second-order valence-electron chi connectivity index (χ2n) is 6.87. The standard InChI is InChI=1S/C20H20N4O4S/c25-20(26)19-18(21-23-22-19)16-10-9-15(14-7-3-1-4-8-14)13-17(16)29(27,28)24-11-5-2-6-12-24/h1,3-4,7-10,13H,2,5-6,11-12H2,(H,25,26)(H,21,22,23). The summed E-state index contributed by atoms with van der Waals surface area (Å²) in [5.74, 6) is -1.28. The summed E-state index contributed by atoms with van der Waals surface area (Å²) in [5, 5.41) is 19.3. The fraction of sp³-hybridized carbons (Fsp3) is 0.250. The maximum absolute atomic E-state index is 13.5. The molecule has 0 saturated carbocycles. The molecule has 2 heterocycles. The molecule has 150 valence electrons. The van der Waals surface area contributed by atoms with Gasteiger partial charge in [0.05, 0.1) is 4.90 Å². The molecular formula is C20H20N4O4S. The number of aromatic amines is 1. The second kappa shape index (κ2) is 7.76. The summed E-state index contributed by atoms with van der Waals surface area (Å²) in [6, 6.07) is 14.4. The Morgan fingerprint density at radius 3 is 2.38 bits per heavy atom. The highest BCUT2D eigenvalue weighted by atomic mass is 32.2. The third-order valence-electron chi connectivity index (χ3n) is 5.03. The number of nitrogens with zero attached hydrogens (tertiary/aromatic N) is 3. The van der Waals surface area contributed by atoms with Crippen LogP contribution in [0.4, 0.5) is 0 Å². The van der Waals surface area contributed by atoms with Crippen LogP contribution in [-0.2, 0) is 10.0 Å². The molecule has 1 aromatic heterocycles. The van der Waals surface area contributed by atoms with Crippen LogP contribution < -0.4 is 0 Å². The first kappa shape index (κ1) is 19.3. The van der Waals surface area contributed by atoms with Gasteiger partial charge in [0, 0.05) is 18.7 Å². The number of nitrogens with one attached hydrogen (secondary N) is 1. The Hall–Kier alpha value is -3.04. The topological polar surface area (TPSA) is 116 Å². The van der Waals surface area contributed by atoms with Crippen LogP contribution in [0.3, 0.4) is 0 Å². The van der Waals surface area contributed by atoms with Gasteiger partial charge in [-0.3, -0.25) is 0 Å². The lowest BCUT2D eigenvalue weighted by Crippen LogP contribution is -2.35. The molecule has 0 radical (unpaired) electrons. The minimum absolute atomic E-state index is 0.00713. The minimum Gasteiger partial charge on any atom is -0.476 e. The number of H-pyrrole nitrogens is 1. The lowest BCUT2D eigenvalue weighted by atomic mass is 10.0. The lowest BCUT2D eigenvalue weighted by molar-refractivity contribution is 0.0691. The number of carboxylic acids is 1. The zero-order valence-electron chi connectivity index (χ0n) is 15.6. The van der Waals surface area contributed by atoms with Crippen molar-refractivity contribution < 1.29 is 18.3 Å². The van der Waals surface area contributed by atoms with E-state index in [1.54, 1.807) is 18.2 Å². The average molecular weight is 412 g/mol. The molecule has 3 aromatic rings. The highest BCUT2D eigenvalue weighted by Crippen LogP contribution is 2.34. The summed E-state index contributed by atoms with van der Waals surface area (Å²) in [6.07, 6.45) is 2.60. The van der Waals surface area contributed by atoms with E-state index in [0.29, 0.717) is 13.1 Å². The Morgan fingerprint density at radius 1 is 0.966 bits per heavy atom. The van der Waals surface area contributed by atoms with Gasteiger partial charge in [0.25, 0.3) is 0 Å². The summed E-state index contributed by atoms with van der Waals surface area (Å²) >= 11 is 0. The highest BCUT2D eigenvalue weighted by molar-refractivity contribution is 7.89. The summed E-state index contributed by atoms with van der Waals surface area (Å²) in [4.78, 5) is 11.6. The third kappa shape index (κ3) is 3.66. The molecule has 0 unspecified atom stereocenters. The summed E-state index contributed by atoms with van der Waals surface area (Å²) < 4.78 is 28.4. The minimum atomic E-state index is -3.83. The number of hydrogen-bond acceptors (Lipinski definition) is 5. The van der Waals surface area contributed by atoms with Crippen LogP contribution in [0, 0.1) is 0 Å². The van der Waals surface area contributed by atoms with Gasteiger partial charge in [0.1, 0.15) is 5.69 Å². The van der Waals surface area contributed by atoms with Gasteiger partial charge in [0.2, 0.25) is 10.0 Å². The molecule has 1 aliphatic heterocycles. The van der Waals surface area contributed by atoms with Gasteiger partial charge >= 0.3 is 5.97 Å². The number of hydrogen-bond donors (Lipinski definition) is 2. The Morgan fingerprint density at radius 2 is 1.69 bits per heavy atom. The molecule has 0 atom stereocenters. The maximum Gasteiger partial charge on any atom is 0.358 e. The van der Waals surface area contributed by atoms with Gasteiger partial charge in [-0.1, -0.05) is 48.9 Å². The summed E-state index contributed by atoms with van der Waals surface area (Å²) in [6.45, 7) is 0.893. The van der Waals surface area contributed by atoms with Crippen LogP contribution in [0.25, 0.3) is 22.4 Å². The molecule has 2 N–H and O–H groups in total. The fourth-order valence-corrected chi connectivity index (χ4v) is 5.29. The molecule has 1 fully saturated rings. The van der Waals surface area contributed by atoms with Crippen molar-refractivity contribution in [3.05, 3.63) is 54.2 Å². The number of aromatic nitrogens is 3. The highest BCUT2D eigenvalue weighted by Gasteiger charge is 2.31. The zero-order valence-corrected chi connectivity index (χ0v) is 16.4. The first-order valence-corrected chi connectivity index (χ1v) is 10.8. The van der Waals surface area contributed by atoms with Crippen molar-refractivity contribution in [1.29, 1.82) is 0 Å². The number of benzene rings is 2. The second-order valence-corrected chi connectivity index (χ2v) is 8.77. The summed E-state index contributed by atoms with van der Waals surface area (Å²) in [7, 11) is -3.83. The van der Waals surface area contributed by atoms with E-state index >= 15 is 0 Å². The number of sulfonamides is 1. The van der Waals surface area contributed by atoms with Gasteiger partial charge in [-0.2, -0.15) is 14.6 Å². The maximum atomic E-state index is 13.5. The molecule has 1 aliphatic rings. The van der Waals surface area contributed by atoms with E-state index in [-0.39, 0.29) is 21.8 Å². The number of aromatic carboxylic acids is 1. The van der Waals surface area contributed by atoms with Crippen LogP contribution >= 0.6 is 0 Å². The fourth-order valence-electron chi connectivity index (χ4n) is 3.55. The van der Waals surface area contributed by atoms with Crippen LogP contribution in [0.1, 0.15) is 29.8 Å². The molecule has 1 saturated heterocycles. The molecule has 4 rings (SSSR count). The van der Waals surface area contributed by atoms with Gasteiger partial charge in [-0.25, -0.2) is 13.2 Å². The zero-order chi connectivity index (χ0) is 20.4. The third-order valence-corrected chi connectivity index (χ3v) is 6.97. The van der Waals surface area contributed by atoms with E-state index in [9.17, 15) is 18.3 Å². The van der Waals surface area contributed by atoms with Crippen LogP contribution in [0.15, 0.2) is 53.4 Å². The Kier molecular flexibility index (Phi) is 5.16. The molecular weight excluding hydrogens is 392 g/mol. The van der Waals surface area contributed by atoms with E-state index in [2.05, 4.69) is 15.4 Å². The van der Waals surface area contributed by atoms with E-state index < -0.39 is 16.0 Å². The van der Waals surface area contributed by atoms with Crippen molar-refractivity contribution >= 4 is 16.0 Å². The Labute approximate surface area is 168 Å². The first-order chi connectivity index (χ1) is 14.0. The normalized spacial score (nSPS) is 15.3. The van der Waals surface area contributed by atoms with Crippen molar-refractivity contribution in [2.45, 2.75) is 24.2 Å². The predicted molar refractivity (Wildman–Crippen MR) is 107 cm³/mol. The molecule has 0 aliphatic carbocycles. The van der Waals surface area contributed by atoms with E-state index in [4.69, 9.17) is 0 Å². The van der Waals surface area contributed by atoms with E-state index in [1.165, 1.54) is 4.31 Å². The quantitative estimate of drug-likeness (QED) is 0.665. The number of piperidine rings is 1. The molecule has 0 amide bonds. The molecule has 8 nitrogen and oxygen atoms in total. The van der Waals surface area contributed by atoms with Crippen molar-refractivity contribution in [2.75, 3.05) is 13.1 Å². The Balaban J connectivity index is 1.91. The van der Waals surface area contributed by atoms with Crippen LogP contribution in [0.2, 0.25) is 0 Å². The van der Waals surface area contributed by atoms with Crippen LogP contribution in [-0.4, -0.2) is 52.3 Å². The van der Waals surface area contributed by atoms with Crippen molar-refractivity contribution in [1.82, 2.24) is 19.7 Å². The number of rotatable bonds is 5. The number of carbonyl (C=O) groups is 1. The van der Waals surface area contributed by atoms with E-state index in [1.807, 2.05) is 30.3 Å². The SMILES string of the molecule is O=C(O)c1n[nH]nc1-c1ccc(-c2ccccc2)cc1S(=O)(=O)N1CCCCC1. The largest absolute Gasteiger partial charge is 0.476 e. The Bertz CT molecular complexity index is 1140.